The van der Waals surface area contributed by atoms with Crippen LogP contribution >= 0.6 is 22.9 Å². The Morgan fingerprint density at radius 2 is 2.08 bits per heavy atom. The first kappa shape index (κ1) is 10.8. The summed E-state index contributed by atoms with van der Waals surface area (Å²) >= 11 is 7.38. The maximum absolute atomic E-state index is 5.79. The van der Waals surface area contributed by atoms with Crippen LogP contribution in [0, 0.1) is 0 Å². The van der Waals surface area contributed by atoms with Gasteiger partial charge in [0.15, 0.2) is 0 Å². The second kappa shape index (κ2) is 6.24. The number of hydrogen-bond acceptors (Lipinski definition) is 3. The van der Waals surface area contributed by atoms with Crippen molar-refractivity contribution >= 4 is 27.9 Å². The van der Waals surface area contributed by atoms with E-state index in [1.807, 2.05) is 19.2 Å². The summed E-state index contributed by atoms with van der Waals surface area (Å²) in [6.07, 6.45) is 2.40. The van der Waals surface area contributed by atoms with Crippen LogP contribution in [0.25, 0.3) is 0 Å². The van der Waals surface area contributed by atoms with Crippen molar-refractivity contribution in [3.8, 4) is 0 Å². The molecule has 0 bridgehead atoms. The summed E-state index contributed by atoms with van der Waals surface area (Å²) in [5, 5.41) is 7.62. The average Bonchev–Trinajstić information content (AvgIpc) is 2.51. The zero-order valence-electron chi connectivity index (χ0n) is 7.77. The molecule has 0 fully saturated rings. The SMILES string of the molecule is CNCCCCNc1ccc(Cl)s1. The van der Waals surface area contributed by atoms with Crippen molar-refractivity contribution in [3.63, 3.8) is 0 Å². The number of unbranched alkanes of at least 4 members (excludes halogenated alkanes) is 1. The van der Waals surface area contributed by atoms with E-state index >= 15 is 0 Å². The summed E-state index contributed by atoms with van der Waals surface area (Å²) in [5.74, 6) is 0. The first-order valence-corrected chi connectivity index (χ1v) is 5.66. The Morgan fingerprint density at radius 3 is 2.69 bits per heavy atom. The van der Waals surface area contributed by atoms with Crippen molar-refractivity contribution in [2.45, 2.75) is 12.8 Å². The number of halogens is 1. The smallest absolute Gasteiger partial charge is 0.0950 e. The van der Waals surface area contributed by atoms with Crippen LogP contribution in [0.5, 0.6) is 0 Å². The maximum atomic E-state index is 5.79. The molecule has 0 saturated heterocycles. The maximum Gasteiger partial charge on any atom is 0.0950 e. The molecule has 2 nitrogen and oxygen atoms in total. The van der Waals surface area contributed by atoms with E-state index in [2.05, 4.69) is 10.6 Å². The van der Waals surface area contributed by atoms with Crippen molar-refractivity contribution in [1.29, 1.82) is 0 Å². The minimum Gasteiger partial charge on any atom is -0.377 e. The Kier molecular flexibility index (Phi) is 5.20. The summed E-state index contributed by atoms with van der Waals surface area (Å²) in [7, 11) is 1.98. The van der Waals surface area contributed by atoms with E-state index in [0.717, 1.165) is 22.4 Å². The van der Waals surface area contributed by atoms with Gasteiger partial charge in [-0.15, -0.1) is 11.3 Å². The van der Waals surface area contributed by atoms with E-state index in [9.17, 15) is 0 Å². The highest BCUT2D eigenvalue weighted by Crippen LogP contribution is 2.25. The van der Waals surface area contributed by atoms with Crippen LogP contribution in [0.2, 0.25) is 4.34 Å². The number of anilines is 1. The van der Waals surface area contributed by atoms with Gasteiger partial charge in [-0.25, -0.2) is 0 Å². The predicted molar refractivity (Wildman–Crippen MR) is 61.0 cm³/mol. The number of rotatable bonds is 6. The lowest BCUT2D eigenvalue weighted by Crippen LogP contribution is -2.09. The molecule has 1 aromatic rings. The summed E-state index contributed by atoms with van der Waals surface area (Å²) in [6, 6.07) is 3.94. The van der Waals surface area contributed by atoms with Gasteiger partial charge in [0.05, 0.1) is 9.34 Å². The minimum atomic E-state index is 0.845. The fraction of sp³-hybridized carbons (Fsp3) is 0.556. The van der Waals surface area contributed by atoms with Crippen LogP contribution in [0.3, 0.4) is 0 Å². The molecule has 0 aliphatic rings. The fourth-order valence-corrected chi connectivity index (χ4v) is 2.02. The Hall–Kier alpha value is -0.250. The van der Waals surface area contributed by atoms with Crippen molar-refractivity contribution in [2.24, 2.45) is 0 Å². The largest absolute Gasteiger partial charge is 0.377 e. The molecular weight excluding hydrogens is 204 g/mol. The van der Waals surface area contributed by atoms with Gasteiger partial charge < -0.3 is 10.6 Å². The van der Waals surface area contributed by atoms with Gasteiger partial charge in [-0.1, -0.05) is 11.6 Å². The molecule has 1 rings (SSSR count). The van der Waals surface area contributed by atoms with Crippen molar-refractivity contribution in [2.75, 3.05) is 25.5 Å². The third kappa shape index (κ3) is 4.50. The molecule has 1 aromatic heterocycles. The van der Waals surface area contributed by atoms with Crippen molar-refractivity contribution in [1.82, 2.24) is 5.32 Å². The van der Waals surface area contributed by atoms with E-state index in [-0.39, 0.29) is 0 Å². The van der Waals surface area contributed by atoms with Gasteiger partial charge >= 0.3 is 0 Å². The monoisotopic (exact) mass is 218 g/mol. The summed E-state index contributed by atoms with van der Waals surface area (Å²) in [4.78, 5) is 0. The third-order valence-corrected chi connectivity index (χ3v) is 2.91. The molecule has 0 radical (unpaired) electrons. The van der Waals surface area contributed by atoms with Crippen molar-refractivity contribution in [3.05, 3.63) is 16.5 Å². The zero-order valence-corrected chi connectivity index (χ0v) is 9.34. The standard InChI is InChI=1S/C9H15ClN2S/c1-11-6-2-3-7-12-9-5-4-8(10)13-9/h4-5,11-12H,2-3,6-7H2,1H3. The van der Waals surface area contributed by atoms with Gasteiger partial charge in [-0.2, -0.15) is 0 Å². The predicted octanol–water partition coefficient (Wildman–Crippen LogP) is 2.81. The van der Waals surface area contributed by atoms with Gasteiger partial charge in [0.1, 0.15) is 0 Å². The molecule has 0 spiro atoms. The highest BCUT2D eigenvalue weighted by molar-refractivity contribution is 7.19. The van der Waals surface area contributed by atoms with Crippen LogP contribution < -0.4 is 10.6 Å². The normalized spacial score (nSPS) is 10.3. The van der Waals surface area contributed by atoms with Crippen LogP contribution in [0.4, 0.5) is 5.00 Å². The molecule has 0 amide bonds. The molecule has 13 heavy (non-hydrogen) atoms. The summed E-state index contributed by atoms with van der Waals surface area (Å²) in [5.41, 5.74) is 0. The Balaban J connectivity index is 2.06. The molecule has 74 valence electrons. The molecule has 4 heteroatoms. The van der Waals surface area contributed by atoms with Crippen LogP contribution in [-0.2, 0) is 0 Å². The molecule has 0 aliphatic carbocycles. The van der Waals surface area contributed by atoms with Gasteiger partial charge in [-0.3, -0.25) is 0 Å². The van der Waals surface area contributed by atoms with Crippen LogP contribution in [-0.4, -0.2) is 20.1 Å². The quantitative estimate of drug-likeness (QED) is 0.718. The lowest BCUT2D eigenvalue weighted by Gasteiger charge is -2.02. The highest BCUT2D eigenvalue weighted by Gasteiger charge is 1.95. The lowest BCUT2D eigenvalue weighted by atomic mass is 10.3. The lowest BCUT2D eigenvalue weighted by molar-refractivity contribution is 0.695. The number of nitrogens with one attached hydrogen (secondary N) is 2. The third-order valence-electron chi connectivity index (χ3n) is 1.73. The molecule has 0 aromatic carbocycles. The Bertz CT molecular complexity index is 237. The van der Waals surface area contributed by atoms with Crippen molar-refractivity contribution < 1.29 is 0 Å². The number of thiophene rings is 1. The van der Waals surface area contributed by atoms with Crippen LogP contribution in [0.15, 0.2) is 12.1 Å². The minimum absolute atomic E-state index is 0.845. The highest BCUT2D eigenvalue weighted by atomic mass is 35.5. The zero-order chi connectivity index (χ0) is 9.52. The first-order chi connectivity index (χ1) is 6.33. The molecule has 0 saturated carbocycles. The summed E-state index contributed by atoms with van der Waals surface area (Å²) < 4.78 is 0.845. The van der Waals surface area contributed by atoms with Crippen LogP contribution in [0.1, 0.15) is 12.8 Å². The van der Waals surface area contributed by atoms with Gasteiger partial charge in [0.25, 0.3) is 0 Å². The second-order valence-electron chi connectivity index (χ2n) is 2.84. The topological polar surface area (TPSA) is 24.1 Å². The molecule has 2 N–H and O–H groups in total. The van der Waals surface area contributed by atoms with E-state index in [1.54, 1.807) is 11.3 Å². The van der Waals surface area contributed by atoms with Gasteiger partial charge in [-0.05, 0) is 38.6 Å². The summed E-state index contributed by atoms with van der Waals surface area (Å²) in [6.45, 7) is 2.12. The van der Waals surface area contributed by atoms with E-state index in [0.29, 0.717) is 0 Å². The van der Waals surface area contributed by atoms with Gasteiger partial charge in [0.2, 0.25) is 0 Å². The molecule has 0 aliphatic heterocycles. The number of hydrogen-bond donors (Lipinski definition) is 2. The van der Waals surface area contributed by atoms with E-state index in [4.69, 9.17) is 11.6 Å². The Morgan fingerprint density at radius 1 is 1.31 bits per heavy atom. The van der Waals surface area contributed by atoms with E-state index < -0.39 is 0 Å². The van der Waals surface area contributed by atoms with E-state index in [1.165, 1.54) is 12.8 Å². The van der Waals surface area contributed by atoms with Gasteiger partial charge in [0, 0.05) is 6.54 Å². The molecule has 0 atom stereocenters. The Labute approximate surface area is 88.3 Å². The fourth-order valence-electron chi connectivity index (χ4n) is 1.05. The molecule has 0 unspecified atom stereocenters. The second-order valence-corrected chi connectivity index (χ2v) is 4.56. The molecular formula is C9H15ClN2S. The average molecular weight is 219 g/mol. The first-order valence-electron chi connectivity index (χ1n) is 4.47. The molecule has 1 heterocycles.